The van der Waals surface area contributed by atoms with Gasteiger partial charge >= 0.3 is 11.9 Å². The molecule has 0 saturated heterocycles. The van der Waals surface area contributed by atoms with E-state index in [0.717, 1.165) is 6.26 Å². The van der Waals surface area contributed by atoms with Gasteiger partial charge < -0.3 is 19.5 Å². The molecule has 1 N–H and O–H groups in total. The lowest BCUT2D eigenvalue weighted by molar-refractivity contribution is -0.252. The highest BCUT2D eigenvalue weighted by atomic mass is 17.2. The van der Waals surface area contributed by atoms with Crippen molar-refractivity contribution in [3.05, 3.63) is 54.0 Å². The normalized spacial score (nSPS) is 11.0. The first-order valence-electron chi connectivity index (χ1n) is 6.80. The Hall–Kier alpha value is -2.60. The van der Waals surface area contributed by atoms with Crippen LogP contribution in [0.15, 0.2) is 42.8 Å². The zero-order valence-electron chi connectivity index (χ0n) is 12.7. The van der Waals surface area contributed by atoms with E-state index in [2.05, 4.69) is 22.1 Å². The Morgan fingerprint density at radius 3 is 2.39 bits per heavy atom. The van der Waals surface area contributed by atoms with Crippen LogP contribution in [-0.4, -0.2) is 43.0 Å². The Balaban J connectivity index is 2.59. The fraction of sp³-hybridized carbons (Fsp3) is 0.312. The fourth-order valence-corrected chi connectivity index (χ4v) is 1.48. The van der Waals surface area contributed by atoms with Gasteiger partial charge in [0.2, 0.25) is 0 Å². The summed E-state index contributed by atoms with van der Waals surface area (Å²) in [6.45, 7) is 4.52. The minimum absolute atomic E-state index is 0.00143. The molecule has 1 rings (SSSR count). The molecule has 0 saturated carbocycles. The average molecular weight is 322 g/mol. The van der Waals surface area contributed by atoms with Crippen molar-refractivity contribution in [3.63, 3.8) is 0 Å². The number of aliphatic hydroxyl groups excluding tert-OH is 1. The summed E-state index contributed by atoms with van der Waals surface area (Å²) >= 11 is 0. The molecule has 0 fully saturated rings. The predicted molar refractivity (Wildman–Crippen MR) is 79.4 cm³/mol. The molecule has 1 atom stereocenters. The van der Waals surface area contributed by atoms with Gasteiger partial charge in [0.15, 0.2) is 6.26 Å². The summed E-state index contributed by atoms with van der Waals surface area (Å²) in [5.74, 6) is -1.41. The second kappa shape index (κ2) is 10.2. The molecule has 7 heteroatoms. The van der Waals surface area contributed by atoms with Crippen LogP contribution in [0, 0.1) is 0 Å². The second-order valence-electron chi connectivity index (χ2n) is 4.37. The van der Waals surface area contributed by atoms with Gasteiger partial charge in [-0.3, -0.25) is 0 Å². The van der Waals surface area contributed by atoms with E-state index >= 15 is 0 Å². The fourth-order valence-electron chi connectivity index (χ4n) is 1.48. The van der Waals surface area contributed by atoms with Gasteiger partial charge in [0.1, 0.15) is 19.8 Å². The van der Waals surface area contributed by atoms with Crippen molar-refractivity contribution in [1.29, 1.82) is 0 Å². The van der Waals surface area contributed by atoms with Gasteiger partial charge in [0.25, 0.3) is 0 Å². The van der Waals surface area contributed by atoms with Crippen LogP contribution in [0.4, 0.5) is 0 Å². The van der Waals surface area contributed by atoms with Gasteiger partial charge in [-0.05, 0) is 19.1 Å². The molecule has 0 heterocycles. The molecule has 1 aromatic carbocycles. The van der Waals surface area contributed by atoms with Crippen molar-refractivity contribution in [1.82, 2.24) is 0 Å². The summed E-state index contributed by atoms with van der Waals surface area (Å²) in [6.07, 6.45) is 0.315. The Morgan fingerprint density at radius 2 is 1.83 bits per heavy atom. The summed E-state index contributed by atoms with van der Waals surface area (Å²) in [5.41, 5.74) is 2.46. The van der Waals surface area contributed by atoms with Gasteiger partial charge in [0.05, 0.1) is 17.2 Å². The van der Waals surface area contributed by atoms with Crippen molar-refractivity contribution >= 4 is 11.9 Å². The molecule has 0 aliphatic rings. The molecule has 0 aliphatic heterocycles. The molecule has 0 radical (unpaired) electrons. The molecule has 7 nitrogen and oxygen atoms in total. The third-order valence-corrected chi connectivity index (χ3v) is 2.42. The summed E-state index contributed by atoms with van der Waals surface area (Å²) in [5, 5.41) is 9.13. The Bertz CT molecular complexity index is 574. The minimum Gasteiger partial charge on any atom is -0.459 e. The third kappa shape index (κ3) is 6.80. The van der Waals surface area contributed by atoms with Crippen molar-refractivity contribution in [2.75, 3.05) is 19.8 Å². The average Bonchev–Trinajstić information content (AvgIpc) is 2.55. The molecule has 0 spiro atoms. The molecule has 0 aromatic heterocycles. The first-order chi connectivity index (χ1) is 11.1. The summed E-state index contributed by atoms with van der Waals surface area (Å²) < 4.78 is 9.87. The molecule has 0 amide bonds. The van der Waals surface area contributed by atoms with Gasteiger partial charge in [-0.1, -0.05) is 24.4 Å². The highest BCUT2D eigenvalue weighted by Crippen LogP contribution is 2.12. The molecular weight excluding hydrogens is 304 g/mol. The maximum absolute atomic E-state index is 12.0. The van der Waals surface area contributed by atoms with E-state index in [1.54, 1.807) is 12.1 Å². The quantitative estimate of drug-likeness (QED) is 0.184. The lowest BCUT2D eigenvalue weighted by Crippen LogP contribution is -2.19. The third-order valence-electron chi connectivity index (χ3n) is 2.42. The zero-order valence-corrected chi connectivity index (χ0v) is 12.7. The minimum atomic E-state index is -0.792. The van der Waals surface area contributed by atoms with Crippen LogP contribution in [0.3, 0.4) is 0 Å². The predicted octanol–water partition coefficient (Wildman–Crippen LogP) is 1.63. The molecular formula is C16H18O7. The van der Waals surface area contributed by atoms with Crippen LogP contribution in [0.5, 0.6) is 0 Å². The topological polar surface area (TPSA) is 91.3 Å². The van der Waals surface area contributed by atoms with Crippen LogP contribution in [0.1, 0.15) is 27.6 Å². The summed E-state index contributed by atoms with van der Waals surface area (Å²) in [6, 6.07) is 6.07. The highest BCUT2D eigenvalue weighted by Gasteiger charge is 2.19. The van der Waals surface area contributed by atoms with Crippen molar-refractivity contribution < 1.29 is 33.9 Å². The number of benzene rings is 1. The van der Waals surface area contributed by atoms with Crippen LogP contribution in [-0.2, 0) is 19.2 Å². The zero-order chi connectivity index (χ0) is 17.1. The van der Waals surface area contributed by atoms with E-state index in [1.807, 2.05) is 0 Å². The smallest absolute Gasteiger partial charge is 0.339 e. The van der Waals surface area contributed by atoms with Crippen molar-refractivity contribution in [3.8, 4) is 0 Å². The first kappa shape index (κ1) is 18.4. The van der Waals surface area contributed by atoms with E-state index in [9.17, 15) is 9.59 Å². The molecule has 23 heavy (non-hydrogen) atoms. The molecule has 124 valence electrons. The monoisotopic (exact) mass is 322 g/mol. The maximum atomic E-state index is 12.0. The summed E-state index contributed by atoms with van der Waals surface area (Å²) in [7, 11) is 0. The second-order valence-corrected chi connectivity index (χ2v) is 4.37. The molecule has 0 bridgehead atoms. The van der Waals surface area contributed by atoms with Gasteiger partial charge in [0, 0.05) is 0 Å². The Labute approximate surface area is 133 Å². The van der Waals surface area contributed by atoms with E-state index < -0.39 is 18.0 Å². The van der Waals surface area contributed by atoms with Crippen molar-refractivity contribution in [2.24, 2.45) is 0 Å². The highest BCUT2D eigenvalue weighted by molar-refractivity contribution is 6.03. The lowest BCUT2D eigenvalue weighted by Gasteiger charge is -2.10. The van der Waals surface area contributed by atoms with E-state index in [1.165, 1.54) is 19.1 Å². The SMILES string of the molecule is C=C=COOCCOC(=O)c1ccccc1C(=O)OCC(C)O. The number of ether oxygens (including phenoxy) is 2. The van der Waals surface area contributed by atoms with Crippen LogP contribution in [0.25, 0.3) is 0 Å². The molecule has 1 aromatic rings. The lowest BCUT2D eigenvalue weighted by atomic mass is 10.1. The van der Waals surface area contributed by atoms with E-state index in [0.29, 0.717) is 0 Å². The van der Waals surface area contributed by atoms with Gasteiger partial charge in [-0.25, -0.2) is 9.59 Å². The van der Waals surface area contributed by atoms with Crippen LogP contribution in [0.2, 0.25) is 0 Å². The number of hydrogen-bond acceptors (Lipinski definition) is 7. The number of carbonyl (C=O) groups excluding carboxylic acids is 2. The van der Waals surface area contributed by atoms with E-state index in [4.69, 9.17) is 14.6 Å². The number of carbonyl (C=O) groups is 2. The van der Waals surface area contributed by atoms with Crippen LogP contribution >= 0.6 is 0 Å². The van der Waals surface area contributed by atoms with Gasteiger partial charge in [-0.2, -0.15) is 4.89 Å². The number of esters is 2. The molecule has 0 aliphatic carbocycles. The van der Waals surface area contributed by atoms with E-state index in [-0.39, 0.29) is 30.9 Å². The Morgan fingerprint density at radius 1 is 1.22 bits per heavy atom. The largest absolute Gasteiger partial charge is 0.459 e. The number of hydrogen-bond donors (Lipinski definition) is 1. The summed E-state index contributed by atoms with van der Waals surface area (Å²) in [4.78, 5) is 33.1. The first-order valence-corrected chi connectivity index (χ1v) is 6.80. The Kier molecular flexibility index (Phi) is 8.17. The van der Waals surface area contributed by atoms with Crippen molar-refractivity contribution in [2.45, 2.75) is 13.0 Å². The van der Waals surface area contributed by atoms with Crippen LogP contribution < -0.4 is 0 Å². The number of aliphatic hydroxyl groups is 1. The standard InChI is InChI=1S/C16H18O7/c1-3-8-22-23-10-9-20-15(18)13-6-4-5-7-14(13)16(19)21-11-12(2)17/h4-8,12,17H,1,9-11H2,2H3. The van der Waals surface area contributed by atoms with Gasteiger partial charge in [-0.15, -0.1) is 0 Å². The maximum Gasteiger partial charge on any atom is 0.339 e. The number of rotatable bonds is 9. The molecule has 1 unspecified atom stereocenters.